The molecule has 5 aliphatic rings. The van der Waals surface area contributed by atoms with E-state index in [0.29, 0.717) is 18.2 Å². The quantitative estimate of drug-likeness (QED) is 0.839. The number of nitrogens with two attached hydrogens (primary N) is 1. The molecule has 5 aliphatic carbocycles. The Morgan fingerprint density at radius 2 is 1.57 bits per heavy atom. The molecule has 5 rings (SSSR count). The van der Waals surface area contributed by atoms with E-state index in [1.807, 2.05) is 0 Å². The number of hydrogen-bond acceptors (Lipinski definition) is 2. The minimum absolute atomic E-state index is 0.171. The van der Waals surface area contributed by atoms with Gasteiger partial charge in [0.25, 0.3) is 0 Å². The van der Waals surface area contributed by atoms with Gasteiger partial charge in [0.05, 0.1) is 0 Å². The number of nitrogens with one attached hydrogen (secondary N) is 1. The fraction of sp³-hybridized carbons (Fsp3) is 0.944. The maximum atomic E-state index is 12.6. The monoisotopic (exact) mass is 290 g/mol. The molecule has 0 aromatic rings. The van der Waals surface area contributed by atoms with E-state index in [9.17, 15) is 4.79 Å². The molecule has 2 unspecified atom stereocenters. The van der Waals surface area contributed by atoms with Crippen molar-refractivity contribution < 1.29 is 4.79 Å². The van der Waals surface area contributed by atoms with Gasteiger partial charge in [0.15, 0.2) is 0 Å². The molecule has 5 fully saturated rings. The van der Waals surface area contributed by atoms with Gasteiger partial charge in [-0.3, -0.25) is 4.79 Å². The second kappa shape index (κ2) is 5.26. The highest BCUT2D eigenvalue weighted by Gasteiger charge is 2.51. The fourth-order valence-electron chi connectivity index (χ4n) is 6.34. The molecule has 0 aliphatic heterocycles. The second-order valence-electron chi connectivity index (χ2n) is 8.66. The third kappa shape index (κ3) is 2.74. The lowest BCUT2D eigenvalue weighted by atomic mass is 9.53. The van der Waals surface area contributed by atoms with Crippen LogP contribution in [0, 0.1) is 23.7 Å². The van der Waals surface area contributed by atoms with Crippen LogP contribution in [-0.4, -0.2) is 17.5 Å². The summed E-state index contributed by atoms with van der Waals surface area (Å²) in [5.41, 5.74) is 6.38. The largest absolute Gasteiger partial charge is 0.351 e. The first kappa shape index (κ1) is 14.0. The molecule has 0 aromatic heterocycles. The molecular formula is C18H30N2O. The van der Waals surface area contributed by atoms with Gasteiger partial charge in [-0.25, -0.2) is 0 Å². The van der Waals surface area contributed by atoms with Crippen molar-refractivity contribution in [2.45, 2.75) is 82.2 Å². The Morgan fingerprint density at radius 1 is 1.00 bits per heavy atom. The highest BCUT2D eigenvalue weighted by molar-refractivity contribution is 5.77. The van der Waals surface area contributed by atoms with Crippen LogP contribution in [0.3, 0.4) is 0 Å². The highest BCUT2D eigenvalue weighted by atomic mass is 16.1. The van der Waals surface area contributed by atoms with E-state index in [2.05, 4.69) is 5.32 Å². The number of carbonyl (C=O) groups excluding carboxylic acids is 1. The molecule has 4 bridgehead atoms. The van der Waals surface area contributed by atoms with E-state index >= 15 is 0 Å². The molecule has 0 heterocycles. The van der Waals surface area contributed by atoms with Gasteiger partial charge in [0.1, 0.15) is 0 Å². The Morgan fingerprint density at radius 3 is 2.14 bits per heavy atom. The summed E-state index contributed by atoms with van der Waals surface area (Å²) in [7, 11) is 0. The van der Waals surface area contributed by atoms with Crippen molar-refractivity contribution in [1.29, 1.82) is 0 Å². The molecule has 2 atom stereocenters. The van der Waals surface area contributed by atoms with Crippen LogP contribution in [0.2, 0.25) is 0 Å². The van der Waals surface area contributed by atoms with Gasteiger partial charge < -0.3 is 11.1 Å². The Bertz CT molecular complexity index is 384. The van der Waals surface area contributed by atoms with E-state index in [4.69, 9.17) is 5.73 Å². The maximum absolute atomic E-state index is 12.6. The average Bonchev–Trinajstić information content (AvgIpc) is 2.39. The van der Waals surface area contributed by atoms with Gasteiger partial charge in [0, 0.05) is 18.0 Å². The summed E-state index contributed by atoms with van der Waals surface area (Å²) in [5.74, 6) is 3.41. The van der Waals surface area contributed by atoms with Crippen molar-refractivity contribution in [3.63, 3.8) is 0 Å². The topological polar surface area (TPSA) is 55.1 Å². The third-order valence-electron chi connectivity index (χ3n) is 6.86. The van der Waals surface area contributed by atoms with Gasteiger partial charge in [-0.1, -0.05) is 12.8 Å². The van der Waals surface area contributed by atoms with Crippen LogP contribution in [0.1, 0.15) is 70.6 Å². The average molecular weight is 290 g/mol. The molecule has 21 heavy (non-hydrogen) atoms. The van der Waals surface area contributed by atoms with E-state index in [0.717, 1.165) is 30.6 Å². The van der Waals surface area contributed by atoms with Crippen molar-refractivity contribution in [2.24, 2.45) is 29.4 Å². The minimum Gasteiger partial charge on any atom is -0.351 e. The Hall–Kier alpha value is -0.570. The Kier molecular flexibility index (Phi) is 3.52. The predicted molar refractivity (Wildman–Crippen MR) is 83.6 cm³/mol. The standard InChI is InChI=1S/C18H30N2O/c19-16-4-2-1-3-15(16)8-17(21)20-18-9-12-5-13(10-18)7-14(6-12)11-18/h12-16H,1-11,19H2,(H,20,21). The Balaban J connectivity index is 1.38. The van der Waals surface area contributed by atoms with Crippen molar-refractivity contribution in [3.05, 3.63) is 0 Å². The van der Waals surface area contributed by atoms with E-state index in [1.165, 1.54) is 51.4 Å². The van der Waals surface area contributed by atoms with E-state index in [1.54, 1.807) is 0 Å². The number of amides is 1. The van der Waals surface area contributed by atoms with Crippen molar-refractivity contribution in [3.8, 4) is 0 Å². The van der Waals surface area contributed by atoms with Crippen LogP contribution >= 0.6 is 0 Å². The third-order valence-corrected chi connectivity index (χ3v) is 6.86. The smallest absolute Gasteiger partial charge is 0.220 e. The van der Waals surface area contributed by atoms with Crippen LogP contribution in [-0.2, 0) is 4.79 Å². The lowest BCUT2D eigenvalue weighted by Gasteiger charge is -2.57. The van der Waals surface area contributed by atoms with E-state index < -0.39 is 0 Å². The van der Waals surface area contributed by atoms with Crippen molar-refractivity contribution >= 4 is 5.91 Å². The lowest BCUT2D eigenvalue weighted by molar-refractivity contribution is -0.128. The maximum Gasteiger partial charge on any atom is 0.220 e. The lowest BCUT2D eigenvalue weighted by Crippen LogP contribution is -2.60. The van der Waals surface area contributed by atoms with Crippen molar-refractivity contribution in [2.75, 3.05) is 0 Å². The summed E-state index contributed by atoms with van der Waals surface area (Å²) in [6.07, 6.45) is 13.5. The number of carbonyl (C=O) groups is 1. The number of rotatable bonds is 3. The normalized spacial score (nSPS) is 48.3. The molecule has 3 N–H and O–H groups in total. The van der Waals surface area contributed by atoms with Gasteiger partial charge in [-0.15, -0.1) is 0 Å². The fourth-order valence-corrected chi connectivity index (χ4v) is 6.34. The van der Waals surface area contributed by atoms with Crippen LogP contribution in [0.15, 0.2) is 0 Å². The summed E-state index contributed by atoms with van der Waals surface area (Å²) >= 11 is 0. The van der Waals surface area contributed by atoms with Gasteiger partial charge >= 0.3 is 0 Å². The molecule has 3 heteroatoms. The SMILES string of the molecule is NC1CCCCC1CC(=O)NC12CC3CC(CC(C3)C1)C2. The summed E-state index contributed by atoms with van der Waals surface area (Å²) in [6, 6.07) is 0.251. The molecule has 118 valence electrons. The summed E-state index contributed by atoms with van der Waals surface area (Å²) in [4.78, 5) is 12.6. The second-order valence-corrected chi connectivity index (χ2v) is 8.66. The molecule has 0 aromatic carbocycles. The predicted octanol–water partition coefficient (Wildman–Crippen LogP) is 2.98. The van der Waals surface area contributed by atoms with Crippen molar-refractivity contribution in [1.82, 2.24) is 5.32 Å². The Labute approximate surface area is 128 Å². The zero-order valence-corrected chi connectivity index (χ0v) is 13.2. The van der Waals surface area contributed by atoms with E-state index in [-0.39, 0.29) is 11.6 Å². The molecule has 3 nitrogen and oxygen atoms in total. The minimum atomic E-state index is 0.171. The number of hydrogen-bond donors (Lipinski definition) is 2. The van der Waals surface area contributed by atoms with Gasteiger partial charge in [0.2, 0.25) is 5.91 Å². The molecule has 0 saturated heterocycles. The summed E-state index contributed by atoms with van der Waals surface area (Å²) in [5, 5.41) is 3.50. The molecule has 0 radical (unpaired) electrons. The molecule has 0 spiro atoms. The summed E-state index contributed by atoms with van der Waals surface area (Å²) < 4.78 is 0. The summed E-state index contributed by atoms with van der Waals surface area (Å²) in [6.45, 7) is 0. The first-order valence-electron chi connectivity index (χ1n) is 9.18. The van der Waals surface area contributed by atoms with Crippen LogP contribution in [0.25, 0.3) is 0 Å². The van der Waals surface area contributed by atoms with Crippen LogP contribution < -0.4 is 11.1 Å². The van der Waals surface area contributed by atoms with Crippen LogP contribution in [0.5, 0.6) is 0 Å². The zero-order valence-electron chi connectivity index (χ0n) is 13.2. The molecule has 5 saturated carbocycles. The first-order chi connectivity index (χ1) is 10.1. The van der Waals surface area contributed by atoms with Gasteiger partial charge in [-0.2, -0.15) is 0 Å². The van der Waals surface area contributed by atoms with Crippen LogP contribution in [0.4, 0.5) is 0 Å². The molecular weight excluding hydrogens is 260 g/mol. The zero-order chi connectivity index (χ0) is 14.4. The molecule has 1 amide bonds. The first-order valence-corrected chi connectivity index (χ1v) is 9.18. The highest BCUT2D eigenvalue weighted by Crippen LogP contribution is 2.55. The van der Waals surface area contributed by atoms with Gasteiger partial charge in [-0.05, 0) is 75.0 Å².